The highest BCUT2D eigenvalue weighted by Gasteiger charge is 2.43. The molecule has 0 radical (unpaired) electrons. The van der Waals surface area contributed by atoms with E-state index in [0.717, 1.165) is 38.6 Å². The Bertz CT molecular complexity index is 521. The van der Waals surface area contributed by atoms with E-state index in [2.05, 4.69) is 10.6 Å². The summed E-state index contributed by atoms with van der Waals surface area (Å²) in [6.07, 6.45) is 5.58. The molecule has 0 aromatic carbocycles. The predicted octanol–water partition coefficient (Wildman–Crippen LogP) is 2.19. The zero-order chi connectivity index (χ0) is 24.1. The lowest BCUT2D eigenvalue weighted by molar-refractivity contribution is -0.198. The number of likely N-dealkylation sites (N-methyl/N-ethyl adjacent to an activating group) is 1. The maximum absolute atomic E-state index is 11.9. The van der Waals surface area contributed by atoms with Gasteiger partial charge in [-0.05, 0) is 57.7 Å². The molecule has 0 saturated carbocycles. The standard InChI is InChI=1S/C13H25FN2O.C9H17ClO4S/c1-15-13(17)12-7-6-11(8-10-16-12)5-3-2-4-9-14;1-4(10)3-5-6(11)7(12)8(13)9(14-5)15-2/h11-12,16H,2-10H2,1H3,(H,15,17);4-9,11-13H,3H2,1-2H3/t11?,12-;4-,5+,6-,7-,8+,9+/m00/s1. The van der Waals surface area contributed by atoms with E-state index in [1.807, 2.05) is 0 Å². The third-order valence-corrected chi connectivity index (χ3v) is 7.11. The normalized spacial score (nSPS) is 34.1. The minimum atomic E-state index is -1.17. The lowest BCUT2D eigenvalue weighted by atomic mass is 9.93. The van der Waals surface area contributed by atoms with Crippen LogP contribution in [0.3, 0.4) is 0 Å². The summed E-state index contributed by atoms with van der Waals surface area (Å²) >= 11 is 7.11. The second kappa shape index (κ2) is 16.5. The maximum atomic E-state index is 11.9. The van der Waals surface area contributed by atoms with Gasteiger partial charge in [-0.2, -0.15) is 0 Å². The Morgan fingerprint density at radius 1 is 1.19 bits per heavy atom. The lowest BCUT2D eigenvalue weighted by Gasteiger charge is -2.40. The van der Waals surface area contributed by atoms with Gasteiger partial charge in [0.2, 0.25) is 5.91 Å². The number of rotatable bonds is 9. The first kappa shape index (κ1) is 29.9. The molecule has 7 nitrogen and oxygen atoms in total. The molecule has 1 unspecified atom stereocenters. The number of hydrogen-bond donors (Lipinski definition) is 5. The Morgan fingerprint density at radius 2 is 1.91 bits per heavy atom. The van der Waals surface area contributed by atoms with Crippen LogP contribution in [0.25, 0.3) is 0 Å². The molecule has 0 aromatic rings. The number of amides is 1. The largest absolute Gasteiger partial charge is 0.388 e. The zero-order valence-corrected chi connectivity index (χ0v) is 21.1. The van der Waals surface area contributed by atoms with Crippen LogP contribution in [0.1, 0.15) is 58.3 Å². The first-order valence-electron chi connectivity index (χ1n) is 11.6. The van der Waals surface area contributed by atoms with E-state index in [4.69, 9.17) is 16.3 Å². The van der Waals surface area contributed by atoms with Crippen molar-refractivity contribution in [2.75, 3.05) is 26.5 Å². The van der Waals surface area contributed by atoms with Crippen molar-refractivity contribution in [2.24, 2.45) is 5.92 Å². The number of aliphatic hydroxyl groups excluding tert-OH is 3. The number of unbranched alkanes of at least 4 members (excludes halogenated alkanes) is 2. The van der Waals surface area contributed by atoms with Crippen LogP contribution in [0.5, 0.6) is 0 Å². The average Bonchev–Trinajstić information content (AvgIpc) is 3.02. The maximum Gasteiger partial charge on any atom is 0.236 e. The van der Waals surface area contributed by atoms with Gasteiger partial charge in [0, 0.05) is 12.4 Å². The molecule has 2 aliphatic heterocycles. The Balaban J connectivity index is 0.000000323. The van der Waals surface area contributed by atoms with Gasteiger partial charge < -0.3 is 30.7 Å². The molecule has 2 rings (SSSR count). The Labute approximate surface area is 201 Å². The lowest BCUT2D eigenvalue weighted by Crippen LogP contribution is -2.56. The topological polar surface area (TPSA) is 111 Å². The van der Waals surface area contributed by atoms with E-state index >= 15 is 0 Å². The summed E-state index contributed by atoms with van der Waals surface area (Å²) in [6.45, 7) is 2.53. The molecular weight excluding hydrogens is 459 g/mol. The number of alkyl halides is 2. The molecular formula is C22H42ClFN2O5S. The van der Waals surface area contributed by atoms with E-state index in [0.29, 0.717) is 18.8 Å². The van der Waals surface area contributed by atoms with E-state index in [-0.39, 0.29) is 24.0 Å². The summed E-state index contributed by atoms with van der Waals surface area (Å²) in [5.74, 6) is 0.805. The van der Waals surface area contributed by atoms with Gasteiger partial charge in [-0.25, -0.2) is 0 Å². The van der Waals surface area contributed by atoms with Crippen LogP contribution < -0.4 is 10.6 Å². The minimum absolute atomic E-state index is 0.0177. The third kappa shape index (κ3) is 10.4. The average molecular weight is 501 g/mol. The zero-order valence-electron chi connectivity index (χ0n) is 19.5. The second-order valence-corrected chi connectivity index (χ2v) is 10.3. The second-order valence-electron chi connectivity index (χ2n) is 8.66. The molecule has 190 valence electrons. The summed E-state index contributed by atoms with van der Waals surface area (Å²) in [5.41, 5.74) is -0.510. The van der Waals surface area contributed by atoms with Crippen molar-refractivity contribution in [3.8, 4) is 0 Å². The molecule has 1 amide bonds. The van der Waals surface area contributed by atoms with Crippen molar-refractivity contribution in [2.45, 2.75) is 99.6 Å². The molecule has 2 fully saturated rings. The van der Waals surface area contributed by atoms with Crippen LogP contribution in [-0.2, 0) is 9.53 Å². The van der Waals surface area contributed by atoms with Gasteiger partial charge >= 0.3 is 0 Å². The van der Waals surface area contributed by atoms with Crippen LogP contribution in [0.15, 0.2) is 0 Å². The van der Waals surface area contributed by atoms with Crippen molar-refractivity contribution in [1.29, 1.82) is 0 Å². The van der Waals surface area contributed by atoms with Gasteiger partial charge in [-0.3, -0.25) is 9.18 Å². The first-order chi connectivity index (χ1) is 15.2. The number of aliphatic hydroxyl groups is 3. The van der Waals surface area contributed by atoms with Crippen LogP contribution >= 0.6 is 23.4 Å². The summed E-state index contributed by atoms with van der Waals surface area (Å²) in [5, 5.41) is 34.7. The first-order valence-corrected chi connectivity index (χ1v) is 13.3. The third-order valence-electron chi connectivity index (χ3n) is 6.07. The van der Waals surface area contributed by atoms with Crippen molar-refractivity contribution in [3.63, 3.8) is 0 Å². The van der Waals surface area contributed by atoms with E-state index < -0.39 is 29.9 Å². The molecule has 2 heterocycles. The molecule has 5 N–H and O–H groups in total. The number of carbonyl (C=O) groups is 1. The Kier molecular flexibility index (Phi) is 15.4. The molecule has 10 heteroatoms. The highest BCUT2D eigenvalue weighted by Crippen LogP contribution is 2.29. The number of ether oxygens (including phenoxy) is 1. The van der Waals surface area contributed by atoms with Crippen molar-refractivity contribution >= 4 is 29.3 Å². The van der Waals surface area contributed by atoms with E-state index in [1.54, 1.807) is 20.2 Å². The number of halogens is 2. The Hall–Kier alpha value is -0.160. The van der Waals surface area contributed by atoms with E-state index in [9.17, 15) is 24.5 Å². The molecule has 0 bridgehead atoms. The van der Waals surface area contributed by atoms with Gasteiger partial charge in [0.1, 0.15) is 23.7 Å². The monoisotopic (exact) mass is 500 g/mol. The van der Waals surface area contributed by atoms with Crippen LogP contribution in [0, 0.1) is 5.92 Å². The molecule has 0 aliphatic carbocycles. The van der Waals surface area contributed by atoms with Gasteiger partial charge in [-0.15, -0.1) is 23.4 Å². The number of nitrogens with one attached hydrogen (secondary N) is 2. The van der Waals surface area contributed by atoms with Gasteiger partial charge in [-0.1, -0.05) is 19.3 Å². The van der Waals surface area contributed by atoms with Crippen molar-refractivity contribution in [3.05, 3.63) is 0 Å². The molecule has 0 aromatic heterocycles. The fourth-order valence-electron chi connectivity index (χ4n) is 4.13. The van der Waals surface area contributed by atoms with Crippen LogP contribution in [-0.4, -0.2) is 89.0 Å². The molecule has 2 aliphatic rings. The summed E-state index contributed by atoms with van der Waals surface area (Å²) in [7, 11) is 1.68. The molecule has 2 saturated heterocycles. The highest BCUT2D eigenvalue weighted by molar-refractivity contribution is 7.99. The van der Waals surface area contributed by atoms with E-state index in [1.165, 1.54) is 18.2 Å². The number of thioether (sulfide) groups is 1. The quantitative estimate of drug-likeness (QED) is 0.244. The van der Waals surface area contributed by atoms with Crippen molar-refractivity contribution in [1.82, 2.24) is 10.6 Å². The van der Waals surface area contributed by atoms with Gasteiger partial charge in [0.05, 0.1) is 18.8 Å². The smallest absolute Gasteiger partial charge is 0.236 e. The highest BCUT2D eigenvalue weighted by atomic mass is 35.5. The summed E-state index contributed by atoms with van der Waals surface area (Å²) in [4.78, 5) is 11.5. The Morgan fingerprint density at radius 3 is 2.50 bits per heavy atom. The van der Waals surface area contributed by atoms with Crippen LogP contribution in [0.2, 0.25) is 0 Å². The predicted molar refractivity (Wildman–Crippen MR) is 128 cm³/mol. The summed E-state index contributed by atoms with van der Waals surface area (Å²) < 4.78 is 17.4. The van der Waals surface area contributed by atoms with Crippen molar-refractivity contribution < 1.29 is 29.2 Å². The molecule has 8 atom stereocenters. The number of carbonyl (C=O) groups excluding carboxylic acids is 1. The fourth-order valence-corrected chi connectivity index (χ4v) is 5.00. The van der Waals surface area contributed by atoms with Gasteiger partial charge in [0.15, 0.2) is 0 Å². The minimum Gasteiger partial charge on any atom is -0.388 e. The SMILES string of the molecule is CNC(=O)[C@@H]1CCC(CCCCCF)CCN1.CS[C@H]1O[C@H](C[C@H](C)Cl)[C@H](O)[C@H](O)[C@H]1O. The van der Waals surface area contributed by atoms with Crippen LogP contribution in [0.4, 0.5) is 4.39 Å². The molecule has 0 spiro atoms. The number of hydrogen-bond acceptors (Lipinski definition) is 7. The van der Waals surface area contributed by atoms with Gasteiger partial charge in [0.25, 0.3) is 0 Å². The molecule has 32 heavy (non-hydrogen) atoms. The summed E-state index contributed by atoms with van der Waals surface area (Å²) in [6, 6.07) is -0.0177. The fraction of sp³-hybridized carbons (Fsp3) is 0.955.